The van der Waals surface area contributed by atoms with Crippen molar-refractivity contribution in [3.05, 3.63) is 69.3 Å². The van der Waals surface area contributed by atoms with Gasteiger partial charge in [-0.2, -0.15) is 0 Å². The number of nitrogens with one attached hydrogen (secondary N) is 1. The SMILES string of the molecule is O=C(c1ccc(Br)cc1)c1cccc2c(Cl)c[nH]c12. The number of rotatable bonds is 2. The van der Waals surface area contributed by atoms with Crippen molar-refractivity contribution in [1.29, 1.82) is 0 Å². The lowest BCUT2D eigenvalue weighted by atomic mass is 10.0. The third kappa shape index (κ3) is 2.20. The van der Waals surface area contributed by atoms with Crippen molar-refractivity contribution < 1.29 is 4.79 Å². The summed E-state index contributed by atoms with van der Waals surface area (Å²) < 4.78 is 0.949. The van der Waals surface area contributed by atoms with Gasteiger partial charge >= 0.3 is 0 Å². The van der Waals surface area contributed by atoms with Crippen molar-refractivity contribution in [1.82, 2.24) is 4.98 Å². The number of fused-ring (bicyclic) bond motifs is 1. The van der Waals surface area contributed by atoms with E-state index in [9.17, 15) is 4.79 Å². The maximum Gasteiger partial charge on any atom is 0.195 e. The Morgan fingerprint density at radius 1 is 1.11 bits per heavy atom. The van der Waals surface area contributed by atoms with Crippen LogP contribution in [0.2, 0.25) is 5.02 Å². The van der Waals surface area contributed by atoms with Gasteiger partial charge in [0, 0.05) is 27.2 Å². The highest BCUT2D eigenvalue weighted by Crippen LogP contribution is 2.27. The van der Waals surface area contributed by atoms with Crippen LogP contribution in [0.1, 0.15) is 15.9 Å². The molecule has 0 aliphatic rings. The molecule has 2 aromatic carbocycles. The molecule has 0 fully saturated rings. The molecule has 0 aliphatic carbocycles. The quantitative estimate of drug-likeness (QED) is 0.670. The first-order valence-electron chi connectivity index (χ1n) is 5.72. The average Bonchev–Trinajstić information content (AvgIpc) is 2.81. The number of halogens is 2. The van der Waals surface area contributed by atoms with Gasteiger partial charge < -0.3 is 4.98 Å². The Kier molecular flexibility index (Phi) is 3.17. The molecule has 1 N–H and O–H groups in total. The van der Waals surface area contributed by atoms with Gasteiger partial charge in [0.05, 0.1) is 10.5 Å². The molecule has 0 aliphatic heterocycles. The Morgan fingerprint density at radius 3 is 2.58 bits per heavy atom. The van der Waals surface area contributed by atoms with Gasteiger partial charge in [-0.15, -0.1) is 0 Å². The van der Waals surface area contributed by atoms with E-state index < -0.39 is 0 Å². The predicted molar refractivity (Wildman–Crippen MR) is 80.9 cm³/mol. The number of benzene rings is 2. The largest absolute Gasteiger partial charge is 0.359 e. The van der Waals surface area contributed by atoms with E-state index in [-0.39, 0.29) is 5.78 Å². The fourth-order valence-corrected chi connectivity index (χ4v) is 2.54. The van der Waals surface area contributed by atoms with Crippen LogP contribution < -0.4 is 0 Å². The van der Waals surface area contributed by atoms with Crippen LogP contribution in [0.4, 0.5) is 0 Å². The van der Waals surface area contributed by atoms with Crippen molar-refractivity contribution in [3.63, 3.8) is 0 Å². The van der Waals surface area contributed by atoms with E-state index in [2.05, 4.69) is 20.9 Å². The molecule has 0 unspecified atom stereocenters. The zero-order valence-electron chi connectivity index (χ0n) is 9.78. The maximum absolute atomic E-state index is 12.5. The topological polar surface area (TPSA) is 32.9 Å². The van der Waals surface area contributed by atoms with Gasteiger partial charge in [0.25, 0.3) is 0 Å². The minimum Gasteiger partial charge on any atom is -0.359 e. The minimum absolute atomic E-state index is 0.0170. The molecule has 2 nitrogen and oxygen atoms in total. The predicted octanol–water partition coefficient (Wildman–Crippen LogP) is 4.81. The van der Waals surface area contributed by atoms with E-state index in [4.69, 9.17) is 11.6 Å². The summed E-state index contributed by atoms with van der Waals surface area (Å²) in [6, 6.07) is 12.9. The van der Waals surface area contributed by atoms with E-state index in [0.717, 1.165) is 15.4 Å². The Hall–Kier alpha value is -1.58. The first-order valence-corrected chi connectivity index (χ1v) is 6.90. The van der Waals surface area contributed by atoms with Gasteiger partial charge in [0.15, 0.2) is 5.78 Å². The molecule has 0 amide bonds. The summed E-state index contributed by atoms with van der Waals surface area (Å²) in [7, 11) is 0. The second-order valence-corrected chi connectivity index (χ2v) is 5.52. The Morgan fingerprint density at radius 2 is 1.84 bits per heavy atom. The Bertz CT molecular complexity index is 761. The first-order chi connectivity index (χ1) is 9.16. The number of aromatic nitrogens is 1. The maximum atomic E-state index is 12.5. The van der Waals surface area contributed by atoms with Gasteiger partial charge in [0.2, 0.25) is 0 Å². The monoisotopic (exact) mass is 333 g/mol. The van der Waals surface area contributed by atoms with Crippen molar-refractivity contribution in [2.45, 2.75) is 0 Å². The van der Waals surface area contributed by atoms with E-state index in [1.165, 1.54) is 0 Å². The van der Waals surface area contributed by atoms with Gasteiger partial charge in [-0.25, -0.2) is 0 Å². The van der Waals surface area contributed by atoms with Gasteiger partial charge in [-0.3, -0.25) is 4.79 Å². The molecule has 3 aromatic rings. The summed E-state index contributed by atoms with van der Waals surface area (Å²) >= 11 is 9.43. The smallest absolute Gasteiger partial charge is 0.195 e. The molecule has 0 saturated carbocycles. The molecule has 0 atom stereocenters. The molecule has 94 valence electrons. The second-order valence-electron chi connectivity index (χ2n) is 4.20. The molecule has 0 saturated heterocycles. The highest BCUT2D eigenvalue weighted by atomic mass is 79.9. The van der Waals surface area contributed by atoms with Crippen LogP contribution >= 0.6 is 27.5 Å². The second kappa shape index (κ2) is 4.83. The highest BCUT2D eigenvalue weighted by Gasteiger charge is 2.14. The number of para-hydroxylation sites is 1. The number of hydrogen-bond donors (Lipinski definition) is 1. The third-order valence-corrected chi connectivity index (χ3v) is 3.86. The minimum atomic E-state index is -0.0170. The summed E-state index contributed by atoms with van der Waals surface area (Å²) in [5, 5.41) is 1.49. The number of carbonyl (C=O) groups excluding carboxylic acids is 1. The van der Waals surface area contributed by atoms with Crippen molar-refractivity contribution >= 4 is 44.2 Å². The van der Waals surface area contributed by atoms with Crippen LogP contribution in [0.25, 0.3) is 10.9 Å². The highest BCUT2D eigenvalue weighted by molar-refractivity contribution is 9.10. The van der Waals surface area contributed by atoms with Gasteiger partial charge in [-0.1, -0.05) is 39.7 Å². The number of hydrogen-bond acceptors (Lipinski definition) is 1. The van der Waals surface area contributed by atoms with Crippen LogP contribution in [-0.4, -0.2) is 10.8 Å². The molecule has 0 radical (unpaired) electrons. The van der Waals surface area contributed by atoms with E-state index in [0.29, 0.717) is 16.1 Å². The van der Waals surface area contributed by atoms with Gasteiger partial charge in [0.1, 0.15) is 0 Å². The van der Waals surface area contributed by atoms with Crippen LogP contribution in [-0.2, 0) is 0 Å². The summed E-state index contributed by atoms with van der Waals surface area (Å²) in [6.45, 7) is 0. The fourth-order valence-electron chi connectivity index (χ4n) is 2.07. The molecule has 0 bridgehead atoms. The van der Waals surface area contributed by atoms with Crippen molar-refractivity contribution in [3.8, 4) is 0 Å². The molecule has 4 heteroatoms. The lowest BCUT2D eigenvalue weighted by molar-refractivity contribution is 0.104. The lowest BCUT2D eigenvalue weighted by Crippen LogP contribution is -2.01. The molecular weight excluding hydrogens is 326 g/mol. The zero-order valence-corrected chi connectivity index (χ0v) is 12.1. The summed E-state index contributed by atoms with van der Waals surface area (Å²) in [6.07, 6.45) is 1.70. The number of H-pyrrole nitrogens is 1. The Labute approximate surface area is 123 Å². The third-order valence-electron chi connectivity index (χ3n) is 3.02. The molecule has 3 rings (SSSR count). The van der Waals surface area contributed by atoms with E-state index in [1.54, 1.807) is 24.4 Å². The lowest BCUT2D eigenvalue weighted by Gasteiger charge is -2.03. The van der Waals surface area contributed by atoms with Crippen LogP contribution in [0.15, 0.2) is 53.1 Å². The first kappa shape index (κ1) is 12.5. The standard InChI is InChI=1S/C15H9BrClNO/c16-10-6-4-9(5-7-10)15(19)12-3-1-2-11-13(17)8-18-14(11)12/h1-8,18H. The normalized spacial score (nSPS) is 10.8. The summed E-state index contributed by atoms with van der Waals surface area (Å²) in [4.78, 5) is 15.6. The van der Waals surface area contributed by atoms with E-state index in [1.807, 2.05) is 24.3 Å². The van der Waals surface area contributed by atoms with E-state index >= 15 is 0 Å². The molecule has 1 heterocycles. The zero-order chi connectivity index (χ0) is 13.4. The van der Waals surface area contributed by atoms with Crippen molar-refractivity contribution in [2.24, 2.45) is 0 Å². The average molecular weight is 335 g/mol. The fraction of sp³-hybridized carbons (Fsp3) is 0. The molecule has 19 heavy (non-hydrogen) atoms. The van der Waals surface area contributed by atoms with Crippen LogP contribution in [0.3, 0.4) is 0 Å². The molecule has 1 aromatic heterocycles. The van der Waals surface area contributed by atoms with Crippen LogP contribution in [0, 0.1) is 0 Å². The number of aromatic amines is 1. The number of carbonyl (C=O) groups is 1. The summed E-state index contributed by atoms with van der Waals surface area (Å²) in [5.41, 5.74) is 2.06. The van der Waals surface area contributed by atoms with Crippen LogP contribution in [0.5, 0.6) is 0 Å². The molecular formula is C15H9BrClNO. The Balaban J connectivity index is 2.14. The number of ketones is 1. The summed E-state index contributed by atoms with van der Waals surface area (Å²) in [5.74, 6) is -0.0170. The van der Waals surface area contributed by atoms with Crippen molar-refractivity contribution in [2.75, 3.05) is 0 Å². The van der Waals surface area contributed by atoms with Gasteiger partial charge in [-0.05, 0) is 30.3 Å². The molecule has 0 spiro atoms.